The van der Waals surface area contributed by atoms with Gasteiger partial charge in [-0.05, 0) is 60.2 Å². The molecule has 0 atom stereocenters. The molecular weight excluding hydrogens is 775 g/mol. The minimum absolute atomic E-state index is 0.795. The zero-order chi connectivity index (χ0) is 40.7. The Balaban J connectivity index is 1.01. The number of hydrogen-bond donors (Lipinski definition) is 0. The molecule has 0 aliphatic rings. The van der Waals surface area contributed by atoms with Crippen LogP contribution in [0.3, 0.4) is 0 Å². The molecule has 9 aromatic carbocycles. The van der Waals surface area contributed by atoms with Crippen molar-refractivity contribution in [1.82, 2.24) is 23.9 Å². The van der Waals surface area contributed by atoms with Gasteiger partial charge in [0.2, 0.25) is 0 Å². The molecule has 0 fully saturated rings. The molecule has 0 radical (unpaired) electrons. The van der Waals surface area contributed by atoms with E-state index in [0.29, 0.717) is 0 Å². The van der Waals surface area contributed by atoms with E-state index in [1.165, 1.54) is 58.3 Å². The van der Waals surface area contributed by atoms with Gasteiger partial charge in [-0.25, -0.2) is 0 Å². The summed E-state index contributed by atoms with van der Waals surface area (Å²) in [5, 5.41) is 17.2. The fourth-order valence-electron chi connectivity index (χ4n) is 9.67. The van der Waals surface area contributed by atoms with Crippen LogP contribution in [0.1, 0.15) is 0 Å². The molecule has 0 aliphatic carbocycles. The summed E-state index contributed by atoms with van der Waals surface area (Å²) in [7, 11) is 0. The normalized spacial score (nSPS) is 11.9. The van der Waals surface area contributed by atoms with Crippen LogP contribution >= 0.6 is 11.3 Å². The van der Waals surface area contributed by atoms with Crippen LogP contribution < -0.4 is 0 Å². The highest BCUT2D eigenvalue weighted by Crippen LogP contribution is 2.45. The Hall–Kier alpha value is -8.06. The Morgan fingerprint density at radius 3 is 1.69 bits per heavy atom. The van der Waals surface area contributed by atoms with Crippen LogP contribution in [0.25, 0.3) is 115 Å². The van der Waals surface area contributed by atoms with Crippen molar-refractivity contribution in [2.24, 2.45) is 0 Å². The van der Waals surface area contributed by atoms with Crippen LogP contribution in [0.15, 0.2) is 212 Å². The standard InChI is InChI=1S/C56H35N5S/c1-3-16-36(17-4-1)55-57-58-56(37-18-5-2-6-19-37)60(55)40-30-31-43-42-23-8-12-27-48(42)59(51(43)35-40)39-21-15-20-38(34-39)41-22-7-11-26-47(41)61-49-28-13-9-25-46(49)53-50(61)33-32-45-44-24-10-14-29-52(44)62-54(45)53/h1-35H. The number of fused-ring (bicyclic) bond motifs is 10. The lowest BCUT2D eigenvalue weighted by atomic mass is 10.0. The van der Waals surface area contributed by atoms with E-state index in [1.807, 2.05) is 47.7 Å². The molecule has 62 heavy (non-hydrogen) atoms. The third kappa shape index (κ3) is 5.20. The van der Waals surface area contributed by atoms with E-state index in [2.05, 4.69) is 190 Å². The average molecular weight is 810 g/mol. The lowest BCUT2D eigenvalue weighted by Gasteiger charge is -2.16. The fraction of sp³-hybridized carbons (Fsp3) is 0. The zero-order valence-corrected chi connectivity index (χ0v) is 34.2. The van der Waals surface area contributed by atoms with Crippen LogP contribution in [0.2, 0.25) is 0 Å². The largest absolute Gasteiger partial charge is 0.309 e. The highest BCUT2D eigenvalue weighted by atomic mass is 32.1. The quantitative estimate of drug-likeness (QED) is 0.168. The Morgan fingerprint density at radius 1 is 0.339 bits per heavy atom. The van der Waals surface area contributed by atoms with Gasteiger partial charge < -0.3 is 9.13 Å². The summed E-state index contributed by atoms with van der Waals surface area (Å²) in [6, 6.07) is 76.3. The lowest BCUT2D eigenvalue weighted by Crippen LogP contribution is -2.01. The highest BCUT2D eigenvalue weighted by Gasteiger charge is 2.22. The van der Waals surface area contributed by atoms with E-state index < -0.39 is 0 Å². The van der Waals surface area contributed by atoms with Crippen molar-refractivity contribution in [3.8, 4) is 51.0 Å². The molecule has 0 saturated carbocycles. The smallest absolute Gasteiger partial charge is 0.168 e. The molecule has 0 amide bonds. The Bertz CT molecular complexity index is 3810. The van der Waals surface area contributed by atoms with E-state index >= 15 is 0 Å². The second kappa shape index (κ2) is 13.7. The topological polar surface area (TPSA) is 40.6 Å². The Morgan fingerprint density at radius 2 is 0.919 bits per heavy atom. The summed E-state index contributed by atoms with van der Waals surface area (Å²) in [5.41, 5.74) is 12.2. The molecule has 0 bridgehead atoms. The second-order valence-electron chi connectivity index (χ2n) is 15.8. The third-order valence-electron chi connectivity index (χ3n) is 12.4. The van der Waals surface area contributed by atoms with E-state index in [-0.39, 0.29) is 0 Å². The molecule has 13 aromatic rings. The van der Waals surface area contributed by atoms with Crippen molar-refractivity contribution < 1.29 is 0 Å². The molecular formula is C56H35N5S. The molecule has 13 rings (SSSR count). The summed E-state index contributed by atoms with van der Waals surface area (Å²) >= 11 is 1.89. The Kier molecular flexibility index (Phi) is 7.71. The molecule has 5 nitrogen and oxygen atoms in total. The van der Waals surface area contributed by atoms with Crippen molar-refractivity contribution in [2.45, 2.75) is 0 Å². The van der Waals surface area contributed by atoms with Gasteiger partial charge in [-0.3, -0.25) is 4.57 Å². The molecule has 4 heterocycles. The average Bonchev–Trinajstić information content (AvgIpc) is 4.11. The van der Waals surface area contributed by atoms with Crippen molar-refractivity contribution in [3.63, 3.8) is 0 Å². The van der Waals surface area contributed by atoms with Crippen molar-refractivity contribution >= 4 is 75.1 Å². The number of nitrogens with zero attached hydrogens (tertiary/aromatic N) is 5. The molecule has 0 N–H and O–H groups in total. The molecule has 0 spiro atoms. The van der Waals surface area contributed by atoms with Gasteiger partial charge in [0.25, 0.3) is 0 Å². The number of para-hydroxylation sites is 3. The minimum atomic E-state index is 0.795. The molecule has 0 saturated heterocycles. The first-order valence-electron chi connectivity index (χ1n) is 20.9. The van der Waals surface area contributed by atoms with Crippen molar-refractivity contribution in [2.75, 3.05) is 0 Å². The van der Waals surface area contributed by atoms with Crippen molar-refractivity contribution in [3.05, 3.63) is 212 Å². The summed E-state index contributed by atoms with van der Waals surface area (Å²) in [5.74, 6) is 1.59. The number of benzene rings is 9. The predicted octanol–water partition coefficient (Wildman–Crippen LogP) is 14.8. The molecule has 6 heteroatoms. The molecule has 0 unspecified atom stereocenters. The monoisotopic (exact) mass is 809 g/mol. The fourth-order valence-corrected chi connectivity index (χ4v) is 10.9. The van der Waals surface area contributed by atoms with Gasteiger partial charge >= 0.3 is 0 Å². The van der Waals surface area contributed by atoms with Gasteiger partial charge in [-0.1, -0.05) is 158 Å². The maximum atomic E-state index is 4.78. The van der Waals surface area contributed by atoms with Crippen LogP contribution in [-0.2, 0) is 0 Å². The van der Waals surface area contributed by atoms with Crippen LogP contribution in [0, 0.1) is 0 Å². The maximum absolute atomic E-state index is 4.78. The van der Waals surface area contributed by atoms with Crippen molar-refractivity contribution in [1.29, 1.82) is 0 Å². The summed E-state index contributed by atoms with van der Waals surface area (Å²) in [6.07, 6.45) is 0. The second-order valence-corrected chi connectivity index (χ2v) is 16.9. The molecule has 4 aromatic heterocycles. The molecule has 290 valence electrons. The van der Waals surface area contributed by atoms with E-state index in [1.54, 1.807) is 0 Å². The summed E-state index contributed by atoms with van der Waals surface area (Å²) in [4.78, 5) is 0. The Labute approximate surface area is 360 Å². The minimum Gasteiger partial charge on any atom is -0.309 e. The number of thiophene rings is 1. The number of aromatic nitrogens is 5. The van der Waals surface area contributed by atoms with Gasteiger partial charge in [0.15, 0.2) is 11.6 Å². The predicted molar refractivity (Wildman–Crippen MR) is 259 cm³/mol. The van der Waals surface area contributed by atoms with Gasteiger partial charge in [0.05, 0.1) is 33.4 Å². The number of rotatable bonds is 6. The third-order valence-corrected chi connectivity index (χ3v) is 13.6. The molecule has 0 aliphatic heterocycles. The first kappa shape index (κ1) is 34.8. The first-order chi connectivity index (χ1) is 30.8. The van der Waals surface area contributed by atoms with E-state index in [9.17, 15) is 0 Å². The van der Waals surface area contributed by atoms with Crippen LogP contribution in [0.5, 0.6) is 0 Å². The van der Waals surface area contributed by atoms with Gasteiger partial charge in [0.1, 0.15) is 0 Å². The summed E-state index contributed by atoms with van der Waals surface area (Å²) in [6.45, 7) is 0. The van der Waals surface area contributed by atoms with Crippen LogP contribution in [-0.4, -0.2) is 23.9 Å². The van der Waals surface area contributed by atoms with Gasteiger partial charge in [0, 0.05) is 64.1 Å². The van der Waals surface area contributed by atoms with Gasteiger partial charge in [-0.15, -0.1) is 21.5 Å². The van der Waals surface area contributed by atoms with Crippen LogP contribution in [0.4, 0.5) is 0 Å². The number of hydrogen-bond acceptors (Lipinski definition) is 3. The van der Waals surface area contributed by atoms with E-state index in [0.717, 1.165) is 56.4 Å². The summed E-state index contributed by atoms with van der Waals surface area (Å²) < 4.78 is 9.72. The van der Waals surface area contributed by atoms with Gasteiger partial charge in [-0.2, -0.15) is 0 Å². The SMILES string of the molecule is c1ccc(-c2nnc(-c3ccccc3)n2-c2ccc3c4ccccc4n(-c4cccc(-c5ccccc5-n5c6ccccc6c6c7sc8ccccc8c7ccc65)c4)c3c2)cc1. The highest BCUT2D eigenvalue weighted by molar-refractivity contribution is 7.26. The maximum Gasteiger partial charge on any atom is 0.168 e. The van der Waals surface area contributed by atoms with E-state index in [4.69, 9.17) is 10.2 Å². The zero-order valence-electron chi connectivity index (χ0n) is 33.4. The first-order valence-corrected chi connectivity index (χ1v) is 21.7. The lowest BCUT2D eigenvalue weighted by molar-refractivity contribution is 1.07.